The number of carbonyl (C=O) groups excluding carboxylic acids is 2. The highest BCUT2D eigenvalue weighted by Gasteiger charge is 2.42. The zero-order valence-electron chi connectivity index (χ0n) is 18.5. The molecule has 6 nitrogen and oxygen atoms in total. The lowest BCUT2D eigenvalue weighted by Crippen LogP contribution is -2.55. The van der Waals surface area contributed by atoms with Crippen LogP contribution in [0.15, 0.2) is 24.3 Å². The third kappa shape index (κ3) is 5.22. The molecule has 2 aliphatic heterocycles. The monoisotopic (exact) mass is 401 g/mol. The summed E-state index contributed by atoms with van der Waals surface area (Å²) in [6.45, 7) is 8.58. The largest absolute Gasteiger partial charge is 0.444 e. The van der Waals surface area contributed by atoms with Crippen molar-refractivity contribution in [3.63, 3.8) is 0 Å². The molecule has 0 N–H and O–H groups in total. The van der Waals surface area contributed by atoms with Crippen LogP contribution in [0.1, 0.15) is 56.8 Å². The molecule has 2 fully saturated rings. The van der Waals surface area contributed by atoms with Gasteiger partial charge in [0.2, 0.25) is 0 Å². The summed E-state index contributed by atoms with van der Waals surface area (Å²) in [5, 5.41) is 0. The number of amides is 2. The van der Waals surface area contributed by atoms with Crippen molar-refractivity contribution in [2.75, 3.05) is 45.2 Å². The van der Waals surface area contributed by atoms with E-state index in [1.807, 2.05) is 73.8 Å². The zero-order chi connectivity index (χ0) is 21.2. The summed E-state index contributed by atoms with van der Waals surface area (Å²) >= 11 is 0. The molecule has 1 unspecified atom stereocenters. The smallest absolute Gasteiger partial charge is 0.410 e. The van der Waals surface area contributed by atoms with Gasteiger partial charge < -0.3 is 19.4 Å². The Bertz CT molecular complexity index is 735. The van der Waals surface area contributed by atoms with E-state index in [9.17, 15) is 9.59 Å². The van der Waals surface area contributed by atoms with Crippen molar-refractivity contribution < 1.29 is 14.3 Å². The molecule has 0 radical (unpaired) electrons. The van der Waals surface area contributed by atoms with Crippen LogP contribution in [0.4, 0.5) is 10.5 Å². The van der Waals surface area contributed by atoms with Gasteiger partial charge in [-0.1, -0.05) is 0 Å². The van der Waals surface area contributed by atoms with Crippen molar-refractivity contribution in [2.45, 2.75) is 52.1 Å². The predicted octanol–water partition coefficient (Wildman–Crippen LogP) is 4.01. The Balaban J connectivity index is 1.68. The lowest BCUT2D eigenvalue weighted by Gasteiger charge is -2.48. The van der Waals surface area contributed by atoms with Crippen LogP contribution < -0.4 is 4.90 Å². The molecule has 160 valence electrons. The number of hydrogen-bond donors (Lipinski definition) is 0. The van der Waals surface area contributed by atoms with E-state index in [-0.39, 0.29) is 17.4 Å². The Hall–Kier alpha value is -2.24. The van der Waals surface area contributed by atoms with Gasteiger partial charge in [0.1, 0.15) is 5.60 Å². The first-order valence-electron chi connectivity index (χ1n) is 10.6. The van der Waals surface area contributed by atoms with Crippen molar-refractivity contribution in [1.29, 1.82) is 0 Å². The molecule has 1 aromatic rings. The number of anilines is 1. The van der Waals surface area contributed by atoms with Gasteiger partial charge in [0.25, 0.3) is 5.91 Å². The van der Waals surface area contributed by atoms with Gasteiger partial charge in [-0.3, -0.25) is 4.79 Å². The summed E-state index contributed by atoms with van der Waals surface area (Å²) in [4.78, 5) is 31.5. The Labute approximate surface area is 174 Å². The van der Waals surface area contributed by atoms with Gasteiger partial charge >= 0.3 is 6.09 Å². The summed E-state index contributed by atoms with van der Waals surface area (Å²) in [6, 6.07) is 7.79. The second kappa shape index (κ2) is 8.25. The Morgan fingerprint density at radius 2 is 1.52 bits per heavy atom. The molecule has 1 atom stereocenters. The number of nitrogens with zero attached hydrogens (tertiary/aromatic N) is 3. The van der Waals surface area contributed by atoms with E-state index in [1.165, 1.54) is 0 Å². The molecule has 0 aliphatic carbocycles. The quantitative estimate of drug-likeness (QED) is 0.751. The molecule has 1 spiro atoms. The maximum atomic E-state index is 13.1. The van der Waals surface area contributed by atoms with E-state index in [0.717, 1.165) is 50.0 Å². The fraction of sp³-hybridized carbons (Fsp3) is 0.652. The second-order valence-corrected chi connectivity index (χ2v) is 9.78. The van der Waals surface area contributed by atoms with E-state index in [1.54, 1.807) is 0 Å². The van der Waals surface area contributed by atoms with E-state index < -0.39 is 5.60 Å². The maximum Gasteiger partial charge on any atom is 0.410 e. The van der Waals surface area contributed by atoms with Crippen LogP contribution in [0.5, 0.6) is 0 Å². The molecule has 2 aliphatic rings. The van der Waals surface area contributed by atoms with Crippen LogP contribution in [-0.2, 0) is 4.74 Å². The van der Waals surface area contributed by atoms with Gasteiger partial charge in [0.05, 0.1) is 0 Å². The Kier molecular flexibility index (Phi) is 6.11. The molecule has 29 heavy (non-hydrogen) atoms. The molecule has 2 heterocycles. The number of ether oxygens (including phenoxy) is 1. The van der Waals surface area contributed by atoms with Crippen molar-refractivity contribution in [2.24, 2.45) is 5.41 Å². The number of rotatable bonds is 2. The Morgan fingerprint density at radius 3 is 2.07 bits per heavy atom. The van der Waals surface area contributed by atoms with Crippen molar-refractivity contribution in [3.8, 4) is 0 Å². The molecule has 0 aromatic heterocycles. The predicted molar refractivity (Wildman–Crippen MR) is 115 cm³/mol. The van der Waals surface area contributed by atoms with Crippen LogP contribution in [-0.4, -0.2) is 67.7 Å². The lowest BCUT2D eigenvalue weighted by atomic mass is 9.73. The van der Waals surface area contributed by atoms with E-state index >= 15 is 0 Å². The molecule has 0 bridgehead atoms. The van der Waals surface area contributed by atoms with E-state index in [4.69, 9.17) is 4.74 Å². The Morgan fingerprint density at radius 1 is 0.966 bits per heavy atom. The van der Waals surface area contributed by atoms with Crippen LogP contribution in [0.25, 0.3) is 0 Å². The van der Waals surface area contributed by atoms with Crippen molar-refractivity contribution in [1.82, 2.24) is 9.80 Å². The highest BCUT2D eigenvalue weighted by molar-refractivity contribution is 5.94. The number of piperidine rings is 2. The van der Waals surface area contributed by atoms with Gasteiger partial charge in [-0.25, -0.2) is 4.79 Å². The first kappa shape index (κ1) is 21.5. The minimum absolute atomic E-state index is 0.0212. The molecule has 1 aromatic carbocycles. The van der Waals surface area contributed by atoms with Gasteiger partial charge in [-0.2, -0.15) is 0 Å². The second-order valence-electron chi connectivity index (χ2n) is 9.78. The van der Waals surface area contributed by atoms with Crippen molar-refractivity contribution >= 4 is 17.7 Å². The first-order chi connectivity index (χ1) is 13.6. The fourth-order valence-corrected chi connectivity index (χ4v) is 4.49. The van der Waals surface area contributed by atoms with Crippen LogP contribution in [0.2, 0.25) is 0 Å². The SMILES string of the molecule is CN(C)c1ccc(C(=O)N2CCCC3(CCCN(C(=O)OC(C)(C)C)C3)C2)cc1. The van der Waals surface area contributed by atoms with Gasteiger partial charge in [-0.05, 0) is 70.7 Å². The summed E-state index contributed by atoms with van der Waals surface area (Å²) in [6.07, 6.45) is 3.80. The van der Waals surface area contributed by atoms with E-state index in [2.05, 4.69) is 0 Å². The van der Waals surface area contributed by atoms with Crippen LogP contribution in [0, 0.1) is 5.41 Å². The maximum absolute atomic E-state index is 13.1. The third-order valence-corrected chi connectivity index (χ3v) is 5.89. The zero-order valence-corrected chi connectivity index (χ0v) is 18.5. The molecule has 3 rings (SSSR count). The van der Waals surface area contributed by atoms with Crippen molar-refractivity contribution in [3.05, 3.63) is 29.8 Å². The normalized spacial score (nSPS) is 22.5. The standard InChI is InChI=1S/C23H35N3O3/c1-22(2,3)29-21(28)26-15-7-13-23(17-26)12-6-14-25(16-23)20(27)18-8-10-19(11-9-18)24(4)5/h8-11H,6-7,12-17H2,1-5H3. The van der Waals surface area contributed by atoms with Crippen LogP contribution >= 0.6 is 0 Å². The summed E-state index contributed by atoms with van der Waals surface area (Å²) in [7, 11) is 3.98. The average Bonchev–Trinajstić information content (AvgIpc) is 2.66. The van der Waals surface area contributed by atoms with Gasteiger partial charge in [0, 0.05) is 56.9 Å². The number of benzene rings is 1. The highest BCUT2D eigenvalue weighted by atomic mass is 16.6. The number of carbonyl (C=O) groups is 2. The molecular formula is C23H35N3O3. The lowest BCUT2D eigenvalue weighted by molar-refractivity contribution is -0.0129. The van der Waals surface area contributed by atoms with Crippen LogP contribution in [0.3, 0.4) is 0 Å². The molecule has 2 amide bonds. The highest BCUT2D eigenvalue weighted by Crippen LogP contribution is 2.39. The summed E-state index contributed by atoms with van der Waals surface area (Å²) < 4.78 is 5.59. The number of hydrogen-bond acceptors (Lipinski definition) is 4. The summed E-state index contributed by atoms with van der Waals surface area (Å²) in [5.74, 6) is 0.0868. The molecule has 2 saturated heterocycles. The minimum atomic E-state index is -0.491. The average molecular weight is 402 g/mol. The summed E-state index contributed by atoms with van der Waals surface area (Å²) in [5.41, 5.74) is 1.30. The van der Waals surface area contributed by atoms with Gasteiger partial charge in [0.15, 0.2) is 0 Å². The molecule has 6 heteroatoms. The number of likely N-dealkylation sites (tertiary alicyclic amines) is 2. The molecule has 0 saturated carbocycles. The first-order valence-corrected chi connectivity index (χ1v) is 10.6. The third-order valence-electron chi connectivity index (χ3n) is 5.89. The minimum Gasteiger partial charge on any atom is -0.444 e. The molecular weight excluding hydrogens is 366 g/mol. The van der Waals surface area contributed by atoms with E-state index in [0.29, 0.717) is 13.1 Å². The fourth-order valence-electron chi connectivity index (χ4n) is 4.49. The van der Waals surface area contributed by atoms with Gasteiger partial charge in [-0.15, -0.1) is 0 Å². The topological polar surface area (TPSA) is 53.1 Å².